The van der Waals surface area contributed by atoms with Gasteiger partial charge in [0.25, 0.3) is 0 Å². The maximum absolute atomic E-state index is 5.26. The molecule has 1 N–H and O–H groups in total. The predicted octanol–water partition coefficient (Wildman–Crippen LogP) is 0.476. The van der Waals surface area contributed by atoms with Crippen LogP contribution < -0.4 is 5.32 Å². The lowest BCUT2D eigenvalue weighted by Gasteiger charge is -2.26. The summed E-state index contributed by atoms with van der Waals surface area (Å²) in [6.07, 6.45) is 3.51. The molecule has 3 heterocycles. The molecule has 0 spiro atoms. The van der Waals surface area contributed by atoms with Crippen LogP contribution in [0.1, 0.15) is 11.6 Å². The Balaban J connectivity index is 1.40. The zero-order valence-electron chi connectivity index (χ0n) is 10.2. The van der Waals surface area contributed by atoms with Crippen LogP contribution in [0.4, 0.5) is 0 Å². The topological polar surface area (TPSA) is 59.1 Å². The number of aromatic nitrogens is 3. The summed E-state index contributed by atoms with van der Waals surface area (Å²) >= 11 is 0. The molecule has 0 radical (unpaired) electrons. The second kappa shape index (κ2) is 5.32. The Bertz CT molecular complexity index is 478. The number of fused-ring (bicyclic) bond motifs is 1. The molecule has 3 rings (SSSR count). The Morgan fingerprint density at radius 3 is 3.28 bits per heavy atom. The molecule has 2 aromatic rings. The van der Waals surface area contributed by atoms with E-state index in [-0.39, 0.29) is 0 Å². The molecule has 18 heavy (non-hydrogen) atoms. The van der Waals surface area contributed by atoms with Gasteiger partial charge in [-0.1, -0.05) is 0 Å². The van der Waals surface area contributed by atoms with Gasteiger partial charge in [-0.25, -0.2) is 0 Å². The van der Waals surface area contributed by atoms with Gasteiger partial charge in [0.15, 0.2) is 0 Å². The summed E-state index contributed by atoms with van der Waals surface area (Å²) in [5.74, 6) is 2.04. The van der Waals surface area contributed by atoms with Crippen LogP contribution >= 0.6 is 0 Å². The SMILES string of the molecule is c1coc(CNCCN2CCn3cnnc3C2)c1. The molecule has 96 valence electrons. The Morgan fingerprint density at radius 1 is 1.39 bits per heavy atom. The number of hydrogen-bond acceptors (Lipinski definition) is 5. The summed E-state index contributed by atoms with van der Waals surface area (Å²) in [6.45, 7) is 5.70. The van der Waals surface area contributed by atoms with Crippen molar-refractivity contribution in [2.45, 2.75) is 19.6 Å². The summed E-state index contributed by atoms with van der Waals surface area (Å²) in [5.41, 5.74) is 0. The van der Waals surface area contributed by atoms with Crippen molar-refractivity contribution in [3.05, 3.63) is 36.3 Å². The lowest BCUT2D eigenvalue weighted by Crippen LogP contribution is -2.38. The summed E-state index contributed by atoms with van der Waals surface area (Å²) in [4.78, 5) is 2.39. The van der Waals surface area contributed by atoms with Gasteiger partial charge in [0, 0.05) is 26.2 Å². The second-order valence-corrected chi connectivity index (χ2v) is 4.47. The quantitative estimate of drug-likeness (QED) is 0.779. The Kier molecular flexibility index (Phi) is 3.38. The molecule has 0 saturated heterocycles. The predicted molar refractivity (Wildman–Crippen MR) is 65.7 cm³/mol. The van der Waals surface area contributed by atoms with Crippen molar-refractivity contribution in [2.75, 3.05) is 19.6 Å². The zero-order valence-corrected chi connectivity index (χ0v) is 10.2. The van der Waals surface area contributed by atoms with Gasteiger partial charge in [-0.3, -0.25) is 4.90 Å². The third kappa shape index (κ3) is 2.60. The molecular weight excluding hydrogens is 230 g/mol. The van der Waals surface area contributed by atoms with E-state index in [4.69, 9.17) is 4.42 Å². The lowest BCUT2D eigenvalue weighted by atomic mass is 10.3. The molecule has 0 unspecified atom stereocenters. The second-order valence-electron chi connectivity index (χ2n) is 4.47. The first-order valence-electron chi connectivity index (χ1n) is 6.24. The van der Waals surface area contributed by atoms with Gasteiger partial charge in [0.1, 0.15) is 17.9 Å². The third-order valence-electron chi connectivity index (χ3n) is 3.20. The van der Waals surface area contributed by atoms with Crippen molar-refractivity contribution >= 4 is 0 Å². The fourth-order valence-corrected chi connectivity index (χ4v) is 2.17. The van der Waals surface area contributed by atoms with Gasteiger partial charge in [-0.15, -0.1) is 10.2 Å². The smallest absolute Gasteiger partial charge is 0.147 e. The summed E-state index contributed by atoms with van der Waals surface area (Å²) in [7, 11) is 0. The van der Waals surface area contributed by atoms with Crippen molar-refractivity contribution in [3.63, 3.8) is 0 Å². The molecule has 0 bridgehead atoms. The van der Waals surface area contributed by atoms with E-state index in [0.717, 1.165) is 50.9 Å². The Morgan fingerprint density at radius 2 is 2.39 bits per heavy atom. The molecule has 6 nitrogen and oxygen atoms in total. The van der Waals surface area contributed by atoms with E-state index in [0.29, 0.717) is 0 Å². The standard InChI is InChI=1S/C12H17N5O/c1-2-11(18-7-1)8-13-3-4-16-5-6-17-10-14-15-12(17)9-16/h1-2,7,10,13H,3-6,8-9H2. The first-order chi connectivity index (χ1) is 8.92. The number of hydrogen-bond donors (Lipinski definition) is 1. The fraction of sp³-hybridized carbons (Fsp3) is 0.500. The number of nitrogens with zero attached hydrogens (tertiary/aromatic N) is 4. The van der Waals surface area contributed by atoms with Gasteiger partial charge in [-0.05, 0) is 12.1 Å². The monoisotopic (exact) mass is 247 g/mol. The Hall–Kier alpha value is -1.66. The van der Waals surface area contributed by atoms with E-state index in [1.54, 1.807) is 6.26 Å². The largest absolute Gasteiger partial charge is 0.468 e. The maximum atomic E-state index is 5.26. The summed E-state index contributed by atoms with van der Waals surface area (Å²) in [5, 5.41) is 11.4. The van der Waals surface area contributed by atoms with Gasteiger partial charge in [0.2, 0.25) is 0 Å². The van der Waals surface area contributed by atoms with E-state index in [2.05, 4.69) is 25.0 Å². The lowest BCUT2D eigenvalue weighted by molar-refractivity contribution is 0.216. The highest BCUT2D eigenvalue weighted by atomic mass is 16.3. The van der Waals surface area contributed by atoms with Crippen molar-refractivity contribution in [1.82, 2.24) is 25.0 Å². The van der Waals surface area contributed by atoms with Crippen molar-refractivity contribution in [2.24, 2.45) is 0 Å². The van der Waals surface area contributed by atoms with Crippen LogP contribution in [0.5, 0.6) is 0 Å². The summed E-state index contributed by atoms with van der Waals surface area (Å²) in [6, 6.07) is 3.89. The molecule has 1 aliphatic heterocycles. The van der Waals surface area contributed by atoms with Crippen molar-refractivity contribution < 1.29 is 4.42 Å². The van der Waals surface area contributed by atoms with Crippen LogP contribution in [-0.4, -0.2) is 39.3 Å². The van der Waals surface area contributed by atoms with Crippen LogP contribution in [0.3, 0.4) is 0 Å². The molecule has 2 aromatic heterocycles. The van der Waals surface area contributed by atoms with Crippen molar-refractivity contribution in [1.29, 1.82) is 0 Å². The minimum absolute atomic E-state index is 0.789. The van der Waals surface area contributed by atoms with Gasteiger partial charge < -0.3 is 14.3 Å². The van der Waals surface area contributed by atoms with Crippen LogP contribution in [0.15, 0.2) is 29.1 Å². The molecule has 0 fully saturated rings. The minimum atomic E-state index is 0.789. The van der Waals surface area contributed by atoms with E-state index < -0.39 is 0 Å². The normalized spacial score (nSPS) is 15.8. The summed E-state index contributed by atoms with van der Waals surface area (Å²) < 4.78 is 7.38. The molecule has 0 aromatic carbocycles. The number of furan rings is 1. The van der Waals surface area contributed by atoms with Crippen molar-refractivity contribution in [3.8, 4) is 0 Å². The Labute approximate surface area is 106 Å². The first-order valence-corrected chi connectivity index (χ1v) is 6.24. The highest BCUT2D eigenvalue weighted by Crippen LogP contribution is 2.07. The zero-order chi connectivity index (χ0) is 12.2. The highest BCUT2D eigenvalue weighted by molar-refractivity contribution is 4.97. The van der Waals surface area contributed by atoms with E-state index in [1.807, 2.05) is 18.5 Å². The molecule has 0 aliphatic carbocycles. The average molecular weight is 247 g/mol. The molecule has 1 aliphatic rings. The fourth-order valence-electron chi connectivity index (χ4n) is 2.17. The minimum Gasteiger partial charge on any atom is -0.468 e. The molecule has 0 saturated carbocycles. The highest BCUT2D eigenvalue weighted by Gasteiger charge is 2.16. The van der Waals surface area contributed by atoms with Gasteiger partial charge in [-0.2, -0.15) is 0 Å². The average Bonchev–Trinajstić information content (AvgIpc) is 3.05. The van der Waals surface area contributed by atoms with E-state index in [9.17, 15) is 0 Å². The third-order valence-corrected chi connectivity index (χ3v) is 3.20. The molecule has 0 atom stereocenters. The van der Waals surface area contributed by atoms with Crippen LogP contribution in [0.25, 0.3) is 0 Å². The van der Waals surface area contributed by atoms with Crippen LogP contribution in [0, 0.1) is 0 Å². The molecule has 0 amide bonds. The van der Waals surface area contributed by atoms with Crippen LogP contribution in [-0.2, 0) is 19.6 Å². The first kappa shape index (κ1) is 11.4. The number of rotatable bonds is 5. The molecule has 6 heteroatoms. The molecular formula is C12H17N5O. The maximum Gasteiger partial charge on any atom is 0.147 e. The number of nitrogens with one attached hydrogen (secondary N) is 1. The van der Waals surface area contributed by atoms with E-state index >= 15 is 0 Å². The van der Waals surface area contributed by atoms with Crippen LogP contribution in [0.2, 0.25) is 0 Å². The van der Waals surface area contributed by atoms with Gasteiger partial charge >= 0.3 is 0 Å². The van der Waals surface area contributed by atoms with E-state index in [1.165, 1.54) is 0 Å². The van der Waals surface area contributed by atoms with Gasteiger partial charge in [0.05, 0.1) is 19.4 Å².